The third kappa shape index (κ3) is 2.80. The van der Waals surface area contributed by atoms with Crippen molar-refractivity contribution in [2.24, 2.45) is 4.40 Å². The second kappa shape index (κ2) is 5.48. The van der Waals surface area contributed by atoms with E-state index in [4.69, 9.17) is 4.74 Å². The van der Waals surface area contributed by atoms with Crippen molar-refractivity contribution in [3.8, 4) is 5.75 Å². The van der Waals surface area contributed by atoms with E-state index >= 15 is 0 Å². The number of anilines is 1. The lowest BCUT2D eigenvalue weighted by Gasteiger charge is -2.26. The number of nitrogens with one attached hydrogen (secondary N) is 1. The van der Waals surface area contributed by atoms with Crippen molar-refractivity contribution < 1.29 is 17.9 Å². The van der Waals surface area contributed by atoms with Crippen molar-refractivity contribution in [2.45, 2.75) is 6.42 Å². The molecule has 3 aliphatic heterocycles. The van der Waals surface area contributed by atoms with E-state index < -0.39 is 10.0 Å². The van der Waals surface area contributed by atoms with Gasteiger partial charge in [-0.05, 0) is 35.9 Å². The van der Waals surface area contributed by atoms with Gasteiger partial charge < -0.3 is 15.0 Å². The molecule has 1 amide bonds. The molecule has 0 radical (unpaired) electrons. The Hall–Kier alpha value is -2.61. The van der Waals surface area contributed by atoms with Gasteiger partial charge in [0.15, 0.2) is 0 Å². The highest BCUT2D eigenvalue weighted by atomic mass is 32.2. The number of ether oxygens (including phenoxy) is 1. The first-order chi connectivity index (χ1) is 11.5. The van der Waals surface area contributed by atoms with Gasteiger partial charge in [0.2, 0.25) is 0 Å². The maximum Gasteiger partial charge on any atom is 0.257 e. The molecular formula is C16H15N3O4S. The van der Waals surface area contributed by atoms with Gasteiger partial charge >= 0.3 is 0 Å². The van der Waals surface area contributed by atoms with Crippen LogP contribution in [-0.2, 0) is 21.2 Å². The molecule has 0 atom stereocenters. The van der Waals surface area contributed by atoms with Crippen LogP contribution < -0.4 is 10.1 Å². The van der Waals surface area contributed by atoms with E-state index in [-0.39, 0.29) is 11.7 Å². The molecule has 24 heavy (non-hydrogen) atoms. The molecule has 3 heterocycles. The molecule has 1 aromatic carbocycles. The Morgan fingerprint density at radius 3 is 3.04 bits per heavy atom. The fraction of sp³-hybridized carbons (Fsp3) is 0.250. The Labute approximate surface area is 139 Å². The van der Waals surface area contributed by atoms with E-state index in [2.05, 4.69) is 9.71 Å². The molecule has 0 fully saturated rings. The standard InChI is InChI=1S/C16H15N3O4S/c20-16(17-13-2-3-14-11(9-13)5-7-23-14)12-1-4-15-18-24(21,22)8-6-19(15)10-12/h1-4,9-10H,5-8H2,(H,17,20). The van der Waals surface area contributed by atoms with Crippen molar-refractivity contribution in [1.29, 1.82) is 0 Å². The van der Waals surface area contributed by atoms with Gasteiger partial charge in [-0.2, -0.15) is 0 Å². The Bertz CT molecular complexity index is 915. The van der Waals surface area contributed by atoms with Crippen molar-refractivity contribution in [1.82, 2.24) is 4.90 Å². The normalized spacial score (nSPS) is 20.4. The summed E-state index contributed by atoms with van der Waals surface area (Å²) in [5, 5.41) is 2.85. The SMILES string of the molecule is O=C(Nc1ccc2c(c1)CCO2)C1=CN2CCS(=O)(=O)N=C2C=C1. The zero-order valence-electron chi connectivity index (χ0n) is 12.7. The molecule has 0 saturated heterocycles. The summed E-state index contributed by atoms with van der Waals surface area (Å²) in [5.74, 6) is 0.894. The van der Waals surface area contributed by atoms with Crippen LogP contribution in [0.1, 0.15) is 5.56 Å². The van der Waals surface area contributed by atoms with E-state index in [1.807, 2.05) is 12.1 Å². The van der Waals surface area contributed by atoms with E-state index in [9.17, 15) is 13.2 Å². The van der Waals surface area contributed by atoms with Crippen LogP contribution in [0.2, 0.25) is 0 Å². The van der Waals surface area contributed by atoms with Gasteiger partial charge in [0, 0.05) is 24.9 Å². The number of rotatable bonds is 2. The average molecular weight is 345 g/mol. The molecule has 1 N–H and O–H groups in total. The second-order valence-corrected chi connectivity index (χ2v) is 7.48. The average Bonchev–Trinajstić information content (AvgIpc) is 3.01. The summed E-state index contributed by atoms with van der Waals surface area (Å²) < 4.78 is 32.1. The predicted molar refractivity (Wildman–Crippen MR) is 89.4 cm³/mol. The molecule has 0 spiro atoms. The molecule has 0 bridgehead atoms. The van der Waals surface area contributed by atoms with Gasteiger partial charge in [0.1, 0.15) is 11.6 Å². The van der Waals surface area contributed by atoms with Gasteiger partial charge in [-0.25, -0.2) is 8.42 Å². The Morgan fingerprint density at radius 2 is 2.17 bits per heavy atom. The number of hydrogen-bond donors (Lipinski definition) is 1. The van der Waals surface area contributed by atoms with Gasteiger partial charge in [-0.1, -0.05) is 0 Å². The molecule has 1 aromatic rings. The zero-order valence-corrected chi connectivity index (χ0v) is 13.5. The molecule has 7 nitrogen and oxygen atoms in total. The molecule has 0 saturated carbocycles. The van der Waals surface area contributed by atoms with Crippen LogP contribution in [0.15, 0.2) is 46.5 Å². The summed E-state index contributed by atoms with van der Waals surface area (Å²) >= 11 is 0. The summed E-state index contributed by atoms with van der Waals surface area (Å²) in [4.78, 5) is 14.1. The third-order valence-electron chi connectivity index (χ3n) is 4.03. The molecule has 0 unspecified atom stereocenters. The molecule has 4 rings (SSSR count). The lowest BCUT2D eigenvalue weighted by Crippen LogP contribution is -2.37. The summed E-state index contributed by atoms with van der Waals surface area (Å²) in [6.45, 7) is 0.957. The molecular weight excluding hydrogens is 330 g/mol. The summed E-state index contributed by atoms with van der Waals surface area (Å²) in [6, 6.07) is 5.56. The third-order valence-corrected chi connectivity index (χ3v) is 5.20. The molecule has 124 valence electrons. The van der Waals surface area contributed by atoms with Gasteiger partial charge in [-0.15, -0.1) is 4.40 Å². The van der Waals surface area contributed by atoms with Crippen LogP contribution in [-0.4, -0.2) is 44.0 Å². The summed E-state index contributed by atoms with van der Waals surface area (Å²) in [7, 11) is -3.39. The van der Waals surface area contributed by atoms with E-state index in [1.165, 1.54) is 0 Å². The molecule has 0 aliphatic carbocycles. The van der Waals surface area contributed by atoms with Crippen molar-refractivity contribution in [2.75, 3.05) is 24.2 Å². The van der Waals surface area contributed by atoms with Crippen molar-refractivity contribution in [3.05, 3.63) is 47.7 Å². The molecule has 8 heteroatoms. The van der Waals surface area contributed by atoms with Crippen molar-refractivity contribution in [3.63, 3.8) is 0 Å². The predicted octanol–water partition coefficient (Wildman–Crippen LogP) is 1.06. The Kier molecular flexibility index (Phi) is 3.42. The largest absolute Gasteiger partial charge is 0.493 e. The highest BCUT2D eigenvalue weighted by Gasteiger charge is 2.25. The molecule has 0 aromatic heterocycles. The van der Waals surface area contributed by atoms with Gasteiger partial charge in [-0.3, -0.25) is 4.79 Å². The number of carbonyl (C=O) groups is 1. The van der Waals surface area contributed by atoms with Crippen LogP contribution in [0.5, 0.6) is 5.75 Å². The number of carbonyl (C=O) groups excluding carboxylic acids is 1. The zero-order chi connectivity index (χ0) is 16.7. The lowest BCUT2D eigenvalue weighted by molar-refractivity contribution is -0.112. The monoisotopic (exact) mass is 345 g/mol. The first-order valence-electron chi connectivity index (χ1n) is 7.56. The first-order valence-corrected chi connectivity index (χ1v) is 9.17. The van der Waals surface area contributed by atoms with Crippen LogP contribution in [0.3, 0.4) is 0 Å². The van der Waals surface area contributed by atoms with Crippen LogP contribution in [0, 0.1) is 0 Å². The number of benzene rings is 1. The van der Waals surface area contributed by atoms with Gasteiger partial charge in [0.05, 0.1) is 17.9 Å². The van der Waals surface area contributed by atoms with Crippen LogP contribution in [0.25, 0.3) is 0 Å². The highest BCUT2D eigenvalue weighted by molar-refractivity contribution is 7.90. The maximum atomic E-state index is 12.4. The number of amides is 1. The Balaban J connectivity index is 1.52. The Morgan fingerprint density at radius 1 is 1.29 bits per heavy atom. The smallest absolute Gasteiger partial charge is 0.257 e. The maximum absolute atomic E-state index is 12.4. The van der Waals surface area contributed by atoms with Crippen LogP contribution >= 0.6 is 0 Å². The topological polar surface area (TPSA) is 88.1 Å². The fourth-order valence-electron chi connectivity index (χ4n) is 2.80. The second-order valence-electron chi connectivity index (χ2n) is 5.72. The van der Waals surface area contributed by atoms with Gasteiger partial charge in [0.25, 0.3) is 15.9 Å². The minimum Gasteiger partial charge on any atom is -0.493 e. The lowest BCUT2D eigenvalue weighted by atomic mass is 10.1. The van der Waals surface area contributed by atoms with Crippen LogP contribution in [0.4, 0.5) is 5.69 Å². The number of amidine groups is 1. The number of nitrogens with zero attached hydrogens (tertiary/aromatic N) is 2. The van der Waals surface area contributed by atoms with Crippen molar-refractivity contribution >= 4 is 27.5 Å². The van der Waals surface area contributed by atoms with E-state index in [0.29, 0.717) is 30.2 Å². The quantitative estimate of drug-likeness (QED) is 0.866. The molecule has 3 aliphatic rings. The first kappa shape index (κ1) is 14.9. The minimum atomic E-state index is -3.39. The minimum absolute atomic E-state index is 0.0550. The van der Waals surface area contributed by atoms with E-state index in [0.717, 1.165) is 17.7 Å². The number of sulfonamides is 1. The summed E-state index contributed by atoms with van der Waals surface area (Å²) in [6.07, 6.45) is 5.58. The number of fused-ring (bicyclic) bond motifs is 2. The highest BCUT2D eigenvalue weighted by Crippen LogP contribution is 2.28. The fourth-order valence-corrected chi connectivity index (χ4v) is 3.77. The number of hydrogen-bond acceptors (Lipinski definition) is 5. The van der Waals surface area contributed by atoms with E-state index in [1.54, 1.807) is 29.3 Å². The summed E-state index contributed by atoms with van der Waals surface area (Å²) in [5.41, 5.74) is 2.24.